The van der Waals surface area contributed by atoms with Crippen LogP contribution in [0.2, 0.25) is 0 Å². The van der Waals surface area contributed by atoms with Crippen molar-refractivity contribution < 1.29 is 9.90 Å². The van der Waals surface area contributed by atoms with Crippen molar-refractivity contribution in [3.05, 3.63) is 29.6 Å². The summed E-state index contributed by atoms with van der Waals surface area (Å²) >= 11 is 0. The van der Waals surface area contributed by atoms with Crippen LogP contribution >= 0.6 is 0 Å². The third-order valence-electron chi connectivity index (χ3n) is 6.04. The number of rotatable bonds is 7. The molecule has 6 heteroatoms. The molecule has 1 amide bonds. The van der Waals surface area contributed by atoms with Gasteiger partial charge in [-0.05, 0) is 32.1 Å². The first-order valence-electron chi connectivity index (χ1n) is 10.8. The zero-order valence-corrected chi connectivity index (χ0v) is 17.5. The Morgan fingerprint density at radius 2 is 2.04 bits per heavy atom. The van der Waals surface area contributed by atoms with E-state index >= 15 is 0 Å². The second-order valence-electron chi connectivity index (χ2n) is 9.09. The van der Waals surface area contributed by atoms with Crippen molar-refractivity contribution in [1.29, 1.82) is 0 Å². The van der Waals surface area contributed by atoms with Gasteiger partial charge >= 0.3 is 0 Å². The Morgan fingerprint density at radius 3 is 2.68 bits per heavy atom. The van der Waals surface area contributed by atoms with Crippen LogP contribution in [0.4, 0.5) is 0 Å². The van der Waals surface area contributed by atoms with E-state index in [1.54, 1.807) is 0 Å². The summed E-state index contributed by atoms with van der Waals surface area (Å²) in [6.45, 7) is 11.2. The highest BCUT2D eigenvalue weighted by Crippen LogP contribution is 2.27. The Kier molecular flexibility index (Phi) is 6.94. The van der Waals surface area contributed by atoms with Crippen molar-refractivity contribution >= 4 is 5.91 Å². The molecule has 1 aliphatic carbocycles. The number of aromatic nitrogens is 2. The predicted molar refractivity (Wildman–Crippen MR) is 111 cm³/mol. The Morgan fingerprint density at radius 1 is 1.32 bits per heavy atom. The van der Waals surface area contributed by atoms with Crippen molar-refractivity contribution in [2.24, 2.45) is 5.41 Å². The topological polar surface area (TPSA) is 70.4 Å². The second-order valence-corrected chi connectivity index (χ2v) is 9.09. The number of hydrogen-bond acceptors (Lipinski definition) is 4. The molecule has 2 aliphatic rings. The SMILES string of the molecule is C=CCn1nc(C(=O)N2CCCCCC2)c2c1CC[C@H](NCC(C)(C)CO)C2. The summed E-state index contributed by atoms with van der Waals surface area (Å²) in [5, 5.41) is 17.9. The van der Waals surface area contributed by atoms with E-state index in [4.69, 9.17) is 5.10 Å². The molecule has 1 aromatic rings. The molecule has 0 radical (unpaired) electrons. The summed E-state index contributed by atoms with van der Waals surface area (Å²) in [4.78, 5) is 15.3. The second kappa shape index (κ2) is 9.23. The minimum Gasteiger partial charge on any atom is -0.396 e. The number of carbonyl (C=O) groups excluding carboxylic acids is 1. The van der Waals surface area contributed by atoms with Gasteiger partial charge in [-0.2, -0.15) is 5.10 Å². The molecule has 1 saturated heterocycles. The molecule has 0 spiro atoms. The van der Waals surface area contributed by atoms with Crippen LogP contribution in [0.25, 0.3) is 0 Å². The molecule has 28 heavy (non-hydrogen) atoms. The largest absolute Gasteiger partial charge is 0.396 e. The van der Waals surface area contributed by atoms with Crippen LogP contribution in [-0.2, 0) is 19.4 Å². The third-order valence-corrected chi connectivity index (χ3v) is 6.04. The minimum atomic E-state index is -0.141. The lowest BCUT2D eigenvalue weighted by atomic mass is 9.89. The van der Waals surface area contributed by atoms with Gasteiger partial charge in [0.25, 0.3) is 5.91 Å². The smallest absolute Gasteiger partial charge is 0.274 e. The lowest BCUT2D eigenvalue weighted by Crippen LogP contribution is -2.42. The maximum absolute atomic E-state index is 13.3. The minimum absolute atomic E-state index is 0.0947. The van der Waals surface area contributed by atoms with Gasteiger partial charge in [0.1, 0.15) is 0 Å². The summed E-state index contributed by atoms with van der Waals surface area (Å²) in [7, 11) is 0. The maximum atomic E-state index is 13.3. The Balaban J connectivity index is 1.80. The fraction of sp³-hybridized carbons (Fsp3) is 0.727. The van der Waals surface area contributed by atoms with Crippen LogP contribution in [0.3, 0.4) is 0 Å². The maximum Gasteiger partial charge on any atom is 0.274 e. The predicted octanol–water partition coefficient (Wildman–Crippen LogP) is 2.55. The van der Waals surface area contributed by atoms with Gasteiger partial charge in [0.2, 0.25) is 0 Å². The number of aliphatic hydroxyl groups excluding tert-OH is 1. The number of amides is 1. The molecule has 1 atom stereocenters. The average molecular weight is 389 g/mol. The molecule has 0 saturated carbocycles. The molecule has 0 bridgehead atoms. The molecule has 156 valence electrons. The van der Waals surface area contributed by atoms with Crippen LogP contribution in [-0.4, -0.2) is 58.0 Å². The molecule has 3 rings (SSSR count). The fourth-order valence-corrected chi connectivity index (χ4v) is 4.21. The van der Waals surface area contributed by atoms with E-state index < -0.39 is 0 Å². The molecule has 1 aromatic heterocycles. The van der Waals surface area contributed by atoms with Gasteiger partial charge in [-0.1, -0.05) is 32.8 Å². The molecule has 1 aliphatic heterocycles. The van der Waals surface area contributed by atoms with Gasteiger partial charge in [-0.15, -0.1) is 6.58 Å². The number of carbonyl (C=O) groups is 1. The van der Waals surface area contributed by atoms with E-state index in [-0.39, 0.29) is 17.9 Å². The van der Waals surface area contributed by atoms with Crippen LogP contribution in [0.5, 0.6) is 0 Å². The van der Waals surface area contributed by atoms with Gasteiger partial charge in [-0.3, -0.25) is 9.48 Å². The van der Waals surface area contributed by atoms with Gasteiger partial charge in [-0.25, -0.2) is 0 Å². The molecule has 2 N–H and O–H groups in total. The Labute approximate surface area is 169 Å². The van der Waals surface area contributed by atoms with Gasteiger partial charge in [0.15, 0.2) is 5.69 Å². The highest BCUT2D eigenvalue weighted by molar-refractivity contribution is 5.94. The molecule has 2 heterocycles. The first kappa shape index (κ1) is 21.1. The molecule has 0 unspecified atom stereocenters. The molecular weight excluding hydrogens is 352 g/mol. The highest BCUT2D eigenvalue weighted by atomic mass is 16.3. The zero-order chi connectivity index (χ0) is 20.1. The van der Waals surface area contributed by atoms with Crippen LogP contribution < -0.4 is 5.32 Å². The van der Waals surface area contributed by atoms with Crippen molar-refractivity contribution in [3.63, 3.8) is 0 Å². The lowest BCUT2D eigenvalue weighted by molar-refractivity contribution is 0.0753. The van der Waals surface area contributed by atoms with Crippen LogP contribution in [0, 0.1) is 5.41 Å². The van der Waals surface area contributed by atoms with E-state index in [0.717, 1.165) is 57.3 Å². The van der Waals surface area contributed by atoms with E-state index in [1.165, 1.54) is 18.5 Å². The highest BCUT2D eigenvalue weighted by Gasteiger charge is 2.31. The van der Waals surface area contributed by atoms with Crippen molar-refractivity contribution in [1.82, 2.24) is 20.0 Å². The number of likely N-dealkylation sites (tertiary alicyclic amines) is 1. The van der Waals surface area contributed by atoms with Gasteiger partial charge in [0.05, 0.1) is 6.54 Å². The van der Waals surface area contributed by atoms with E-state index in [0.29, 0.717) is 18.3 Å². The standard InChI is InChI=1S/C22H36N4O2/c1-4-11-26-19-10-9-17(23-15-22(2,3)16-27)14-18(19)20(24-26)21(28)25-12-7-5-6-8-13-25/h4,17,23,27H,1,5-16H2,2-3H3/t17-/m0/s1. The Hall–Kier alpha value is -1.66. The number of hydrogen-bond donors (Lipinski definition) is 2. The first-order chi connectivity index (χ1) is 13.4. The number of nitrogens with one attached hydrogen (secondary N) is 1. The Bertz CT molecular complexity index is 687. The van der Waals surface area contributed by atoms with Crippen LogP contribution in [0.15, 0.2) is 12.7 Å². The number of aliphatic hydroxyl groups is 1. The summed E-state index contributed by atoms with van der Waals surface area (Å²) in [6, 6.07) is 0.315. The third kappa shape index (κ3) is 4.84. The first-order valence-corrected chi connectivity index (χ1v) is 10.8. The quantitative estimate of drug-likeness (QED) is 0.705. The van der Waals surface area contributed by atoms with Crippen molar-refractivity contribution in [3.8, 4) is 0 Å². The molecular formula is C22H36N4O2. The number of allylic oxidation sites excluding steroid dienone is 1. The molecule has 6 nitrogen and oxygen atoms in total. The van der Waals surface area contributed by atoms with Crippen molar-refractivity contribution in [2.45, 2.75) is 71.4 Å². The number of nitrogens with zero attached hydrogens (tertiary/aromatic N) is 3. The summed E-state index contributed by atoms with van der Waals surface area (Å²) < 4.78 is 1.97. The zero-order valence-electron chi connectivity index (χ0n) is 17.5. The average Bonchev–Trinajstić information content (AvgIpc) is 2.86. The fourth-order valence-electron chi connectivity index (χ4n) is 4.21. The van der Waals surface area contributed by atoms with Gasteiger partial charge < -0.3 is 15.3 Å². The summed E-state index contributed by atoms with van der Waals surface area (Å²) in [6.07, 6.45) is 9.20. The number of fused-ring (bicyclic) bond motifs is 1. The van der Waals surface area contributed by atoms with Crippen LogP contribution in [0.1, 0.15) is 67.7 Å². The van der Waals surface area contributed by atoms with Gasteiger partial charge in [0, 0.05) is 49.0 Å². The van der Waals surface area contributed by atoms with E-state index in [9.17, 15) is 9.90 Å². The normalized spacial score (nSPS) is 20.5. The summed E-state index contributed by atoms with van der Waals surface area (Å²) in [5.74, 6) is 0.0947. The van der Waals surface area contributed by atoms with E-state index in [2.05, 4.69) is 25.7 Å². The monoisotopic (exact) mass is 388 g/mol. The van der Waals surface area contributed by atoms with Crippen molar-refractivity contribution in [2.75, 3.05) is 26.2 Å². The lowest BCUT2D eigenvalue weighted by Gasteiger charge is -2.29. The molecule has 0 aromatic carbocycles. The molecule has 1 fully saturated rings. The summed E-state index contributed by atoms with van der Waals surface area (Å²) in [5.41, 5.74) is 2.81. The van der Waals surface area contributed by atoms with E-state index in [1.807, 2.05) is 15.7 Å².